The molecule has 0 spiro atoms. The van der Waals surface area contributed by atoms with E-state index in [1.54, 1.807) is 0 Å². The zero-order valence-electron chi connectivity index (χ0n) is 17.2. The molecule has 7 heteroatoms. The molecule has 3 rings (SSSR count). The molecule has 2 aromatic rings. The average Bonchev–Trinajstić information content (AvgIpc) is 2.69. The Morgan fingerprint density at radius 1 is 1.00 bits per heavy atom. The zero-order valence-corrected chi connectivity index (χ0v) is 18.8. The van der Waals surface area contributed by atoms with Crippen molar-refractivity contribution in [2.24, 2.45) is 0 Å². The minimum absolute atomic E-state index is 0. The highest BCUT2D eigenvalue weighted by Crippen LogP contribution is 2.17. The van der Waals surface area contributed by atoms with Crippen molar-refractivity contribution in [2.45, 2.75) is 20.0 Å². The Kier molecular flexibility index (Phi) is 11.2. The van der Waals surface area contributed by atoms with Gasteiger partial charge in [-0.1, -0.05) is 37.3 Å². The van der Waals surface area contributed by atoms with Gasteiger partial charge in [-0.15, -0.1) is 24.8 Å². The van der Waals surface area contributed by atoms with Crippen LogP contribution in [-0.4, -0.2) is 55.5 Å². The molecule has 0 radical (unpaired) electrons. The first-order valence-electron chi connectivity index (χ1n) is 9.75. The Labute approximate surface area is 186 Å². The molecule has 1 aliphatic rings. The lowest BCUT2D eigenvalue weighted by molar-refractivity contribution is 0.102. The normalized spacial score (nSPS) is 14.6. The number of likely N-dealkylation sites (N-methyl/N-ethyl adjacent to an activating group) is 1. The van der Waals surface area contributed by atoms with Crippen LogP contribution in [0.4, 0.5) is 5.69 Å². The number of benzene rings is 2. The summed E-state index contributed by atoms with van der Waals surface area (Å²) >= 11 is 0. The fourth-order valence-corrected chi connectivity index (χ4v) is 3.33. The van der Waals surface area contributed by atoms with E-state index in [1.165, 1.54) is 5.56 Å². The molecule has 160 valence electrons. The predicted octanol–water partition coefficient (Wildman–Crippen LogP) is 3.64. The second kappa shape index (κ2) is 12.8. The highest BCUT2D eigenvalue weighted by molar-refractivity contribution is 6.04. The Hall–Kier alpha value is -1.63. The summed E-state index contributed by atoms with van der Waals surface area (Å²) in [7, 11) is 2.16. The Bertz CT molecular complexity index is 764. The molecule has 2 N–H and O–H groups in total. The third kappa shape index (κ3) is 7.61. The highest BCUT2D eigenvalue weighted by Gasteiger charge is 2.15. The maximum absolute atomic E-state index is 12.8. The van der Waals surface area contributed by atoms with E-state index in [0.29, 0.717) is 5.56 Å². The fourth-order valence-electron chi connectivity index (χ4n) is 3.33. The van der Waals surface area contributed by atoms with Crippen LogP contribution < -0.4 is 10.6 Å². The lowest BCUT2D eigenvalue weighted by Gasteiger charge is -2.32. The van der Waals surface area contributed by atoms with Gasteiger partial charge >= 0.3 is 0 Å². The summed E-state index contributed by atoms with van der Waals surface area (Å²) in [4.78, 5) is 17.6. The SMILES string of the molecule is CCNCc1ccccc1NC(=O)c1cccc(CN2CCN(C)CC2)c1.Cl.Cl. The number of anilines is 1. The van der Waals surface area contributed by atoms with Crippen LogP contribution in [0.25, 0.3) is 0 Å². The molecule has 1 heterocycles. The van der Waals surface area contributed by atoms with E-state index in [1.807, 2.05) is 42.5 Å². The van der Waals surface area contributed by atoms with E-state index in [2.05, 4.69) is 40.5 Å². The molecule has 1 fully saturated rings. The zero-order chi connectivity index (χ0) is 19.1. The third-order valence-corrected chi connectivity index (χ3v) is 5.02. The molecule has 0 atom stereocenters. The number of nitrogens with zero attached hydrogens (tertiary/aromatic N) is 2. The quantitative estimate of drug-likeness (QED) is 0.692. The van der Waals surface area contributed by atoms with Crippen molar-refractivity contribution >= 4 is 36.4 Å². The van der Waals surface area contributed by atoms with Gasteiger partial charge in [0.1, 0.15) is 0 Å². The number of hydrogen-bond donors (Lipinski definition) is 2. The van der Waals surface area contributed by atoms with Gasteiger partial charge in [0.25, 0.3) is 5.91 Å². The summed E-state index contributed by atoms with van der Waals surface area (Å²) in [5.74, 6) is -0.0563. The molecule has 2 aromatic carbocycles. The van der Waals surface area contributed by atoms with Crippen LogP contribution >= 0.6 is 24.8 Å². The van der Waals surface area contributed by atoms with Crippen LogP contribution in [0.15, 0.2) is 48.5 Å². The van der Waals surface area contributed by atoms with E-state index in [-0.39, 0.29) is 30.7 Å². The summed E-state index contributed by atoms with van der Waals surface area (Å²) in [5, 5.41) is 6.39. The van der Waals surface area contributed by atoms with Crippen molar-refractivity contribution in [3.05, 3.63) is 65.2 Å². The second-order valence-corrected chi connectivity index (χ2v) is 7.17. The summed E-state index contributed by atoms with van der Waals surface area (Å²) in [6.45, 7) is 8.97. The molecule has 1 amide bonds. The number of hydrogen-bond acceptors (Lipinski definition) is 4. The predicted molar refractivity (Wildman–Crippen MR) is 125 cm³/mol. The first-order valence-corrected chi connectivity index (χ1v) is 9.75. The van der Waals surface area contributed by atoms with Gasteiger partial charge in [0.15, 0.2) is 0 Å². The maximum atomic E-state index is 12.8. The van der Waals surface area contributed by atoms with E-state index < -0.39 is 0 Å². The van der Waals surface area contributed by atoms with Crippen LogP contribution in [-0.2, 0) is 13.1 Å². The number of nitrogens with one attached hydrogen (secondary N) is 2. The number of amides is 1. The molecule has 0 saturated carbocycles. The minimum Gasteiger partial charge on any atom is -0.322 e. The molecular formula is C22H32Cl2N4O. The van der Waals surface area contributed by atoms with E-state index >= 15 is 0 Å². The Morgan fingerprint density at radius 2 is 1.72 bits per heavy atom. The van der Waals surface area contributed by atoms with Crippen molar-refractivity contribution in [1.29, 1.82) is 0 Å². The van der Waals surface area contributed by atoms with Gasteiger partial charge in [-0.3, -0.25) is 9.69 Å². The standard InChI is InChI=1S/C22H30N4O.2ClH/c1-3-23-16-20-8-4-5-10-21(20)24-22(27)19-9-6-7-18(15-19)17-26-13-11-25(2)12-14-26;;/h4-10,15,23H,3,11-14,16-17H2,1-2H3,(H,24,27);2*1H. The second-order valence-electron chi connectivity index (χ2n) is 7.17. The lowest BCUT2D eigenvalue weighted by atomic mass is 10.1. The van der Waals surface area contributed by atoms with Gasteiger partial charge in [-0.05, 0) is 42.9 Å². The van der Waals surface area contributed by atoms with E-state index in [9.17, 15) is 4.79 Å². The van der Waals surface area contributed by atoms with E-state index in [4.69, 9.17) is 0 Å². The molecule has 0 aliphatic carbocycles. The minimum atomic E-state index is -0.0563. The van der Waals surface area contributed by atoms with Crippen molar-refractivity contribution in [2.75, 3.05) is 45.1 Å². The number of carbonyl (C=O) groups is 1. The van der Waals surface area contributed by atoms with Gasteiger partial charge in [-0.25, -0.2) is 0 Å². The van der Waals surface area contributed by atoms with Crippen LogP contribution in [0.1, 0.15) is 28.4 Å². The van der Waals surface area contributed by atoms with Gasteiger partial charge in [0.2, 0.25) is 0 Å². The topological polar surface area (TPSA) is 47.6 Å². The van der Waals surface area contributed by atoms with Gasteiger partial charge in [-0.2, -0.15) is 0 Å². The van der Waals surface area contributed by atoms with Gasteiger partial charge in [0.05, 0.1) is 0 Å². The highest BCUT2D eigenvalue weighted by atomic mass is 35.5. The maximum Gasteiger partial charge on any atom is 0.255 e. The Morgan fingerprint density at radius 3 is 2.45 bits per heavy atom. The number of rotatable bonds is 7. The number of para-hydroxylation sites is 1. The van der Waals surface area contributed by atoms with Crippen molar-refractivity contribution < 1.29 is 4.79 Å². The average molecular weight is 439 g/mol. The van der Waals surface area contributed by atoms with Gasteiger partial charge in [0, 0.05) is 50.5 Å². The molecule has 5 nitrogen and oxygen atoms in total. The largest absolute Gasteiger partial charge is 0.322 e. The van der Waals surface area contributed by atoms with E-state index in [0.717, 1.165) is 57.1 Å². The van der Waals surface area contributed by atoms with Crippen molar-refractivity contribution in [1.82, 2.24) is 15.1 Å². The molecule has 1 saturated heterocycles. The number of halogens is 2. The molecule has 0 aromatic heterocycles. The molecule has 29 heavy (non-hydrogen) atoms. The summed E-state index contributed by atoms with van der Waals surface area (Å²) in [6, 6.07) is 15.9. The van der Waals surface area contributed by atoms with Crippen molar-refractivity contribution in [3.8, 4) is 0 Å². The number of carbonyl (C=O) groups excluding carboxylic acids is 1. The van der Waals surface area contributed by atoms with Crippen LogP contribution in [0.5, 0.6) is 0 Å². The monoisotopic (exact) mass is 438 g/mol. The van der Waals surface area contributed by atoms with Crippen LogP contribution in [0.2, 0.25) is 0 Å². The van der Waals surface area contributed by atoms with Crippen molar-refractivity contribution in [3.63, 3.8) is 0 Å². The molecule has 1 aliphatic heterocycles. The summed E-state index contributed by atoms with van der Waals surface area (Å²) in [6.07, 6.45) is 0. The van der Waals surface area contributed by atoms with Crippen LogP contribution in [0, 0.1) is 0 Å². The number of piperazine rings is 1. The first kappa shape index (κ1) is 25.4. The van der Waals surface area contributed by atoms with Crippen LogP contribution in [0.3, 0.4) is 0 Å². The molecule has 0 unspecified atom stereocenters. The smallest absolute Gasteiger partial charge is 0.255 e. The Balaban J connectivity index is 0.00000210. The summed E-state index contributed by atoms with van der Waals surface area (Å²) < 4.78 is 0. The summed E-state index contributed by atoms with van der Waals surface area (Å²) in [5.41, 5.74) is 3.86. The fraction of sp³-hybridized carbons (Fsp3) is 0.409. The first-order chi connectivity index (χ1) is 13.2. The molecule has 0 bridgehead atoms. The third-order valence-electron chi connectivity index (χ3n) is 5.02. The lowest BCUT2D eigenvalue weighted by Crippen LogP contribution is -2.43. The molecular weight excluding hydrogens is 407 g/mol. The van der Waals surface area contributed by atoms with Gasteiger partial charge < -0.3 is 15.5 Å².